The largest absolute Gasteiger partial charge is 0.492 e. The molecule has 1 aliphatic carbocycles. The zero-order valence-corrected chi connectivity index (χ0v) is 25.5. The third kappa shape index (κ3) is 6.75. The molecule has 2 aliphatic rings. The molecule has 2 amide bonds. The van der Waals surface area contributed by atoms with Crippen molar-refractivity contribution in [1.29, 1.82) is 0 Å². The van der Waals surface area contributed by atoms with E-state index in [1.807, 2.05) is 30.3 Å². The van der Waals surface area contributed by atoms with E-state index in [1.165, 1.54) is 0 Å². The quantitative estimate of drug-likeness (QED) is 0.311. The molecule has 4 atom stereocenters. The minimum Gasteiger partial charge on any atom is -0.492 e. The SMILES string of the molecule is CS(=O)(=O)N[C@H]1CCCCC1N1C(=O)c2ccccc2[C@@H](C(=O)NCCOc2ccccc2)[C@@H]1c1ccc(Cl)cc1Cl. The Kier molecular flexibility index (Phi) is 9.42. The number of benzene rings is 3. The van der Waals surface area contributed by atoms with Crippen LogP contribution in [0.15, 0.2) is 72.8 Å². The average Bonchev–Trinajstić information content (AvgIpc) is 2.96. The van der Waals surface area contributed by atoms with Crippen molar-refractivity contribution in [2.24, 2.45) is 0 Å². The fourth-order valence-corrected chi connectivity index (χ4v) is 7.44. The van der Waals surface area contributed by atoms with Crippen LogP contribution >= 0.6 is 23.2 Å². The molecule has 0 saturated heterocycles. The molecule has 2 N–H and O–H groups in total. The highest BCUT2D eigenvalue weighted by Crippen LogP contribution is 2.47. The van der Waals surface area contributed by atoms with Crippen LogP contribution in [0.1, 0.15) is 59.1 Å². The maximum absolute atomic E-state index is 14.3. The number of carbonyl (C=O) groups is 2. The fraction of sp³-hybridized carbons (Fsp3) is 0.355. The number of carbonyl (C=O) groups excluding carboxylic acids is 2. The maximum Gasteiger partial charge on any atom is 0.255 e. The van der Waals surface area contributed by atoms with Gasteiger partial charge in [0.05, 0.1) is 24.8 Å². The van der Waals surface area contributed by atoms with E-state index in [0.29, 0.717) is 45.3 Å². The molecular weight excluding hydrogens is 597 g/mol. The summed E-state index contributed by atoms with van der Waals surface area (Å²) in [6.07, 6.45) is 3.89. The Labute approximate surface area is 256 Å². The molecule has 1 unspecified atom stereocenters. The fourth-order valence-electron chi connectivity index (χ4n) is 6.10. The summed E-state index contributed by atoms with van der Waals surface area (Å²) >= 11 is 13.0. The number of hydrogen-bond donors (Lipinski definition) is 2. The highest BCUT2D eigenvalue weighted by molar-refractivity contribution is 7.88. The highest BCUT2D eigenvalue weighted by Gasteiger charge is 2.49. The summed E-state index contributed by atoms with van der Waals surface area (Å²) in [5.74, 6) is -0.699. The lowest BCUT2D eigenvalue weighted by atomic mass is 9.76. The van der Waals surface area contributed by atoms with Crippen molar-refractivity contribution < 1.29 is 22.7 Å². The number of sulfonamides is 1. The Balaban J connectivity index is 1.55. The third-order valence-corrected chi connectivity index (χ3v) is 9.10. The second-order valence-electron chi connectivity index (χ2n) is 10.7. The van der Waals surface area contributed by atoms with E-state index in [0.717, 1.165) is 19.1 Å². The molecule has 1 heterocycles. The highest BCUT2D eigenvalue weighted by atomic mass is 35.5. The predicted octanol–water partition coefficient (Wildman–Crippen LogP) is 5.33. The average molecular weight is 631 g/mol. The lowest BCUT2D eigenvalue weighted by Crippen LogP contribution is -2.59. The third-order valence-electron chi connectivity index (χ3n) is 7.81. The number of hydrogen-bond acceptors (Lipinski definition) is 5. The van der Waals surface area contributed by atoms with Gasteiger partial charge in [0.15, 0.2) is 0 Å². The first-order valence-corrected chi connectivity index (χ1v) is 16.6. The van der Waals surface area contributed by atoms with E-state index >= 15 is 0 Å². The lowest BCUT2D eigenvalue weighted by Gasteiger charge is -2.49. The smallest absolute Gasteiger partial charge is 0.255 e. The van der Waals surface area contributed by atoms with Gasteiger partial charge in [-0.25, -0.2) is 13.1 Å². The van der Waals surface area contributed by atoms with Crippen molar-refractivity contribution in [3.63, 3.8) is 0 Å². The van der Waals surface area contributed by atoms with E-state index in [1.54, 1.807) is 47.4 Å². The van der Waals surface area contributed by atoms with Crippen LogP contribution in [0.3, 0.4) is 0 Å². The molecule has 3 aromatic carbocycles. The monoisotopic (exact) mass is 629 g/mol. The van der Waals surface area contributed by atoms with Crippen LogP contribution in [0.2, 0.25) is 10.0 Å². The molecule has 3 aromatic rings. The Hall–Kier alpha value is -3.11. The number of rotatable bonds is 9. The van der Waals surface area contributed by atoms with Gasteiger partial charge in [0.25, 0.3) is 5.91 Å². The molecule has 222 valence electrons. The zero-order chi connectivity index (χ0) is 29.9. The second-order valence-corrected chi connectivity index (χ2v) is 13.3. The van der Waals surface area contributed by atoms with Gasteiger partial charge in [-0.05, 0) is 54.3 Å². The molecule has 1 aliphatic heterocycles. The zero-order valence-electron chi connectivity index (χ0n) is 23.1. The summed E-state index contributed by atoms with van der Waals surface area (Å²) in [5.41, 5.74) is 1.55. The molecule has 8 nitrogen and oxygen atoms in total. The summed E-state index contributed by atoms with van der Waals surface area (Å²) in [6, 6.07) is 19.6. The van der Waals surface area contributed by atoms with Crippen molar-refractivity contribution in [3.8, 4) is 5.75 Å². The van der Waals surface area contributed by atoms with Crippen LogP contribution < -0.4 is 14.8 Å². The van der Waals surface area contributed by atoms with E-state index in [9.17, 15) is 18.0 Å². The van der Waals surface area contributed by atoms with Gasteiger partial charge in [-0.3, -0.25) is 9.59 Å². The first-order valence-electron chi connectivity index (χ1n) is 13.9. The summed E-state index contributed by atoms with van der Waals surface area (Å²) < 4.78 is 33.2. The maximum atomic E-state index is 14.3. The van der Waals surface area contributed by atoms with Crippen LogP contribution in [0.25, 0.3) is 0 Å². The Morgan fingerprint density at radius 2 is 1.69 bits per heavy atom. The molecule has 0 aromatic heterocycles. The normalized spacial score (nSPS) is 22.4. The van der Waals surface area contributed by atoms with Crippen molar-refractivity contribution >= 4 is 45.0 Å². The number of halogens is 2. The van der Waals surface area contributed by atoms with E-state index in [2.05, 4.69) is 10.0 Å². The molecule has 5 rings (SSSR count). The van der Waals surface area contributed by atoms with Crippen LogP contribution in [0.4, 0.5) is 0 Å². The van der Waals surface area contributed by atoms with Gasteiger partial charge in [0.1, 0.15) is 12.4 Å². The summed E-state index contributed by atoms with van der Waals surface area (Å²) in [6.45, 7) is 0.491. The number of nitrogens with one attached hydrogen (secondary N) is 2. The van der Waals surface area contributed by atoms with Crippen molar-refractivity contribution in [1.82, 2.24) is 14.9 Å². The number of nitrogens with zero attached hydrogens (tertiary/aromatic N) is 1. The topological polar surface area (TPSA) is 105 Å². The second kappa shape index (κ2) is 13.0. The summed E-state index contributed by atoms with van der Waals surface area (Å²) in [5, 5.41) is 3.74. The number of ether oxygens (including phenoxy) is 1. The Morgan fingerprint density at radius 1 is 0.976 bits per heavy atom. The molecule has 42 heavy (non-hydrogen) atoms. The molecule has 0 radical (unpaired) electrons. The van der Waals surface area contributed by atoms with Gasteiger partial charge < -0.3 is 15.0 Å². The summed E-state index contributed by atoms with van der Waals surface area (Å²) in [4.78, 5) is 30.1. The van der Waals surface area contributed by atoms with Crippen LogP contribution in [-0.2, 0) is 14.8 Å². The van der Waals surface area contributed by atoms with Gasteiger partial charge in [-0.1, -0.05) is 78.5 Å². The van der Waals surface area contributed by atoms with Crippen LogP contribution in [0, 0.1) is 0 Å². The van der Waals surface area contributed by atoms with Crippen molar-refractivity contribution in [2.75, 3.05) is 19.4 Å². The molecule has 1 fully saturated rings. The molecule has 0 spiro atoms. The van der Waals surface area contributed by atoms with Crippen molar-refractivity contribution in [2.45, 2.75) is 49.7 Å². The predicted molar refractivity (Wildman–Crippen MR) is 164 cm³/mol. The van der Waals surface area contributed by atoms with Gasteiger partial charge in [-0.15, -0.1) is 0 Å². The van der Waals surface area contributed by atoms with Gasteiger partial charge in [0, 0.05) is 27.7 Å². The Morgan fingerprint density at radius 3 is 2.43 bits per heavy atom. The van der Waals surface area contributed by atoms with E-state index < -0.39 is 34.1 Å². The van der Waals surface area contributed by atoms with E-state index in [-0.39, 0.29) is 25.0 Å². The Bertz CT molecular complexity index is 1550. The van der Waals surface area contributed by atoms with Crippen molar-refractivity contribution in [3.05, 3.63) is 99.5 Å². The van der Waals surface area contributed by atoms with Gasteiger partial charge in [-0.2, -0.15) is 0 Å². The molecule has 11 heteroatoms. The number of para-hydroxylation sites is 1. The number of fused-ring (bicyclic) bond motifs is 1. The molecular formula is C31H33Cl2N3O5S. The first kappa shape index (κ1) is 30.4. The van der Waals surface area contributed by atoms with Crippen LogP contribution in [0.5, 0.6) is 5.75 Å². The van der Waals surface area contributed by atoms with Gasteiger partial charge >= 0.3 is 0 Å². The molecule has 0 bridgehead atoms. The lowest BCUT2D eigenvalue weighted by molar-refractivity contribution is -0.124. The van der Waals surface area contributed by atoms with E-state index in [4.69, 9.17) is 27.9 Å². The standard InChI is InChI=1S/C31H33Cl2N3O5S/c1-42(39,40)35-26-13-7-8-14-27(26)36-29(24-16-15-20(32)19-25(24)33)28(22-11-5-6-12-23(22)31(36)38)30(37)34-17-18-41-21-9-3-2-4-10-21/h2-6,9-12,15-16,19,26-29,35H,7-8,13-14,17-18H2,1H3,(H,34,37)/t26-,27?,28+,29-/m0/s1. The van der Waals surface area contributed by atoms with Crippen LogP contribution in [-0.4, -0.2) is 56.6 Å². The van der Waals surface area contributed by atoms with Gasteiger partial charge in [0.2, 0.25) is 15.9 Å². The minimum absolute atomic E-state index is 0.239. The molecule has 1 saturated carbocycles. The minimum atomic E-state index is -3.56. The first-order chi connectivity index (χ1) is 20.1. The number of amides is 2. The summed E-state index contributed by atoms with van der Waals surface area (Å²) in [7, 11) is -3.56.